The van der Waals surface area contributed by atoms with Crippen LogP contribution in [0.1, 0.15) is 46.2 Å². The van der Waals surface area contributed by atoms with Crippen molar-refractivity contribution in [1.29, 1.82) is 0 Å². The number of anilines is 1. The van der Waals surface area contributed by atoms with Crippen molar-refractivity contribution in [2.45, 2.75) is 44.5 Å². The maximum absolute atomic E-state index is 13.9. The fourth-order valence-electron chi connectivity index (χ4n) is 3.88. The largest absolute Gasteiger partial charge is 0.487 e. The van der Waals surface area contributed by atoms with E-state index in [0.29, 0.717) is 16.3 Å². The highest BCUT2D eigenvalue weighted by molar-refractivity contribution is 7.18. The van der Waals surface area contributed by atoms with Crippen LogP contribution in [-0.2, 0) is 0 Å². The van der Waals surface area contributed by atoms with Crippen molar-refractivity contribution in [3.05, 3.63) is 40.0 Å². The first-order chi connectivity index (χ1) is 13.8. The number of halogens is 1. The normalized spacial score (nSPS) is 23.2. The van der Waals surface area contributed by atoms with E-state index in [1.54, 1.807) is 12.4 Å². The molecule has 9 heteroatoms. The molecule has 1 amide bonds. The lowest BCUT2D eigenvalue weighted by molar-refractivity contribution is 0.100. The molecule has 2 aliphatic rings. The average molecular weight is 418 g/mol. The molecule has 1 aromatic heterocycles. The third-order valence-corrected chi connectivity index (χ3v) is 6.68. The van der Waals surface area contributed by atoms with Gasteiger partial charge in [0, 0.05) is 24.7 Å². The van der Waals surface area contributed by atoms with Gasteiger partial charge in [0.2, 0.25) is 0 Å². The first-order valence-corrected chi connectivity index (χ1v) is 10.3. The number of carbonyl (C=O) groups is 1. The van der Waals surface area contributed by atoms with Gasteiger partial charge in [0.1, 0.15) is 28.8 Å². The number of nitrogens with two attached hydrogens (primary N) is 2. The van der Waals surface area contributed by atoms with Crippen LogP contribution >= 0.6 is 11.3 Å². The third-order valence-electron chi connectivity index (χ3n) is 5.45. The zero-order chi connectivity index (χ0) is 20.7. The zero-order valence-electron chi connectivity index (χ0n) is 16.3. The molecule has 1 fully saturated rings. The number of carbonyl (C=O) groups excluding carboxylic acids is 1. The summed E-state index contributed by atoms with van der Waals surface area (Å²) in [6.07, 6.45) is 4.00. The van der Waals surface area contributed by atoms with Crippen molar-refractivity contribution >= 4 is 34.3 Å². The van der Waals surface area contributed by atoms with Crippen molar-refractivity contribution in [3.8, 4) is 5.75 Å². The van der Waals surface area contributed by atoms with Crippen molar-refractivity contribution in [2.75, 3.05) is 12.4 Å². The van der Waals surface area contributed by atoms with Crippen molar-refractivity contribution in [3.63, 3.8) is 0 Å². The van der Waals surface area contributed by atoms with Crippen molar-refractivity contribution in [2.24, 2.45) is 16.5 Å². The fraction of sp³-hybridized carbons (Fsp3) is 0.400. The topological polar surface area (TPSA) is 106 Å². The van der Waals surface area contributed by atoms with E-state index >= 15 is 0 Å². The number of ether oxygens (including phenoxy) is 1. The molecule has 5 N–H and O–H groups in total. The Balaban J connectivity index is 1.68. The Labute approximate surface area is 172 Å². The van der Waals surface area contributed by atoms with Gasteiger partial charge in [-0.2, -0.15) is 0 Å². The van der Waals surface area contributed by atoms with Crippen LogP contribution in [0.5, 0.6) is 5.75 Å². The standard InChI is InChI=1S/C20H24FN5O2S/c1-10-16-19(26(2)9-24-20(16)29-17(10)18(23)27)25-13-7-6-11(21)8-15(13)28-14-5-3-4-12(14)22/h6-9,12,14,19,25H,3-5,22H2,1-2H3,(H2,23,27)/t12?,14-,19?/m0/s1. The second-order valence-electron chi connectivity index (χ2n) is 7.49. The van der Waals surface area contributed by atoms with Gasteiger partial charge in [0.05, 0.1) is 16.9 Å². The Hall–Kier alpha value is -2.65. The van der Waals surface area contributed by atoms with Crippen LogP contribution in [0.2, 0.25) is 0 Å². The van der Waals surface area contributed by atoms with Gasteiger partial charge in [-0.3, -0.25) is 4.79 Å². The fourth-order valence-corrected chi connectivity index (χ4v) is 4.91. The summed E-state index contributed by atoms with van der Waals surface area (Å²) in [5.41, 5.74) is 14.0. The Morgan fingerprint density at radius 3 is 2.90 bits per heavy atom. The maximum atomic E-state index is 13.9. The predicted octanol–water partition coefficient (Wildman–Crippen LogP) is 3.27. The number of thiophene rings is 1. The molecule has 3 atom stereocenters. The Bertz CT molecular complexity index is 976. The monoisotopic (exact) mass is 417 g/mol. The van der Waals surface area contributed by atoms with Gasteiger partial charge >= 0.3 is 0 Å². The molecular formula is C20H24FN5O2S. The van der Waals surface area contributed by atoms with Crippen LogP contribution in [-0.4, -0.2) is 36.3 Å². The molecule has 1 aromatic carbocycles. The molecule has 0 saturated heterocycles. The molecule has 0 bridgehead atoms. The van der Waals surface area contributed by atoms with Gasteiger partial charge in [-0.25, -0.2) is 9.38 Å². The van der Waals surface area contributed by atoms with E-state index in [2.05, 4.69) is 10.3 Å². The Morgan fingerprint density at radius 2 is 2.21 bits per heavy atom. The molecule has 154 valence electrons. The summed E-state index contributed by atoms with van der Waals surface area (Å²) in [6.45, 7) is 1.86. The van der Waals surface area contributed by atoms with E-state index in [4.69, 9.17) is 16.2 Å². The number of primary amides is 1. The van der Waals surface area contributed by atoms with Crippen LogP contribution < -0.4 is 21.5 Å². The van der Waals surface area contributed by atoms with E-state index in [-0.39, 0.29) is 24.1 Å². The number of aliphatic imine (C=N–C) groups is 1. The minimum absolute atomic E-state index is 0.0561. The van der Waals surface area contributed by atoms with E-state index in [0.717, 1.165) is 35.4 Å². The lowest BCUT2D eigenvalue weighted by Crippen LogP contribution is -2.34. The molecule has 2 aromatic rings. The second kappa shape index (κ2) is 7.64. The third kappa shape index (κ3) is 3.67. The quantitative estimate of drug-likeness (QED) is 0.692. The van der Waals surface area contributed by atoms with Crippen LogP contribution in [0.4, 0.5) is 15.1 Å². The number of hydrogen-bond acceptors (Lipinski definition) is 7. The molecule has 4 rings (SSSR count). The predicted molar refractivity (Wildman–Crippen MR) is 112 cm³/mol. The number of amides is 1. The summed E-state index contributed by atoms with van der Waals surface area (Å²) in [7, 11) is 1.88. The molecule has 7 nitrogen and oxygen atoms in total. The summed E-state index contributed by atoms with van der Waals surface area (Å²) < 4.78 is 20.0. The summed E-state index contributed by atoms with van der Waals surface area (Å²) in [5, 5.41) is 4.15. The minimum Gasteiger partial charge on any atom is -0.487 e. The number of fused-ring (bicyclic) bond motifs is 1. The molecule has 2 unspecified atom stereocenters. The average Bonchev–Trinajstić information content (AvgIpc) is 3.23. The van der Waals surface area contributed by atoms with E-state index in [1.165, 1.54) is 23.5 Å². The number of rotatable bonds is 5. The molecule has 1 saturated carbocycles. The summed E-state index contributed by atoms with van der Waals surface area (Å²) in [4.78, 5) is 18.6. The van der Waals surface area contributed by atoms with Gasteiger partial charge in [0.25, 0.3) is 5.91 Å². The first-order valence-electron chi connectivity index (χ1n) is 9.52. The first kappa shape index (κ1) is 19.7. The molecule has 0 spiro atoms. The van der Waals surface area contributed by atoms with Gasteiger partial charge in [-0.05, 0) is 43.9 Å². The SMILES string of the molecule is Cc1c(C(N)=O)sc2c1C(Nc1ccc(F)cc1O[C@H]1CCCC1N)N(C)C=N2. The Morgan fingerprint density at radius 1 is 1.41 bits per heavy atom. The summed E-state index contributed by atoms with van der Waals surface area (Å²) in [6, 6.07) is 4.36. The maximum Gasteiger partial charge on any atom is 0.259 e. The highest BCUT2D eigenvalue weighted by Gasteiger charge is 2.31. The van der Waals surface area contributed by atoms with Crippen molar-refractivity contribution < 1.29 is 13.9 Å². The summed E-state index contributed by atoms with van der Waals surface area (Å²) >= 11 is 1.27. The van der Waals surface area contributed by atoms with E-state index in [1.807, 2.05) is 18.9 Å². The van der Waals surface area contributed by atoms with Crippen molar-refractivity contribution in [1.82, 2.24) is 4.90 Å². The molecular weight excluding hydrogens is 393 g/mol. The number of nitrogens with one attached hydrogen (secondary N) is 1. The number of nitrogens with zero attached hydrogens (tertiary/aromatic N) is 2. The Kier molecular flexibility index (Phi) is 5.18. The van der Waals surface area contributed by atoms with Gasteiger partial charge in [-0.15, -0.1) is 11.3 Å². The van der Waals surface area contributed by atoms with Crippen LogP contribution in [0.25, 0.3) is 0 Å². The van der Waals surface area contributed by atoms with Gasteiger partial charge < -0.3 is 26.4 Å². The van der Waals surface area contributed by atoms with E-state index in [9.17, 15) is 9.18 Å². The minimum atomic E-state index is -0.473. The zero-order valence-corrected chi connectivity index (χ0v) is 17.1. The molecule has 0 radical (unpaired) electrons. The highest BCUT2D eigenvalue weighted by atomic mass is 32.1. The van der Waals surface area contributed by atoms with Crippen LogP contribution in [0.3, 0.4) is 0 Å². The van der Waals surface area contributed by atoms with Crippen LogP contribution in [0, 0.1) is 12.7 Å². The highest BCUT2D eigenvalue weighted by Crippen LogP contribution is 2.44. The molecule has 2 heterocycles. The second-order valence-corrected chi connectivity index (χ2v) is 8.49. The van der Waals surface area contributed by atoms with E-state index < -0.39 is 5.91 Å². The lowest BCUT2D eigenvalue weighted by Gasteiger charge is -2.32. The molecule has 1 aliphatic heterocycles. The number of hydrogen-bond donors (Lipinski definition) is 3. The molecule has 29 heavy (non-hydrogen) atoms. The smallest absolute Gasteiger partial charge is 0.259 e. The summed E-state index contributed by atoms with van der Waals surface area (Å²) in [5.74, 6) is -0.425. The van der Waals surface area contributed by atoms with Gasteiger partial charge in [0.15, 0.2) is 0 Å². The van der Waals surface area contributed by atoms with Gasteiger partial charge in [-0.1, -0.05) is 0 Å². The molecule has 1 aliphatic carbocycles. The van der Waals surface area contributed by atoms with Crippen LogP contribution in [0.15, 0.2) is 23.2 Å². The lowest BCUT2D eigenvalue weighted by atomic mass is 10.1. The number of benzene rings is 1.